The molecule has 0 spiro atoms. The first kappa shape index (κ1) is 17.6. The van der Waals surface area contributed by atoms with Crippen molar-refractivity contribution in [2.24, 2.45) is 0 Å². The highest BCUT2D eigenvalue weighted by Crippen LogP contribution is 2.38. The molecule has 144 valence electrons. The Hall–Kier alpha value is -2.47. The lowest BCUT2D eigenvalue weighted by Gasteiger charge is -2.25. The maximum Gasteiger partial charge on any atom is 0.247 e. The van der Waals surface area contributed by atoms with Crippen molar-refractivity contribution < 1.29 is 4.79 Å². The molecule has 1 aliphatic carbocycles. The molecular weight excluding hydrogens is 368 g/mol. The average molecular weight is 393 g/mol. The van der Waals surface area contributed by atoms with E-state index in [1.54, 1.807) is 17.7 Å². The highest BCUT2D eigenvalue weighted by molar-refractivity contribution is 7.16. The molecule has 2 aromatic heterocycles. The summed E-state index contributed by atoms with van der Waals surface area (Å²) in [5, 5.41) is 5.30. The van der Waals surface area contributed by atoms with Crippen molar-refractivity contribution in [2.75, 3.05) is 16.8 Å². The van der Waals surface area contributed by atoms with Gasteiger partial charge in [0, 0.05) is 16.8 Å². The average Bonchev–Trinajstić information content (AvgIpc) is 3.33. The third-order valence-electron chi connectivity index (χ3n) is 6.02. The van der Waals surface area contributed by atoms with Crippen LogP contribution in [0.4, 0.5) is 10.8 Å². The van der Waals surface area contributed by atoms with Crippen molar-refractivity contribution in [3.8, 4) is 0 Å². The summed E-state index contributed by atoms with van der Waals surface area (Å²) < 4.78 is 0. The van der Waals surface area contributed by atoms with Crippen LogP contribution in [0.3, 0.4) is 0 Å². The number of nitrogens with one attached hydrogen (secondary N) is 1. The Bertz CT molecular complexity index is 1040. The van der Waals surface area contributed by atoms with Gasteiger partial charge in [-0.3, -0.25) is 4.79 Å². The van der Waals surface area contributed by atoms with Gasteiger partial charge < -0.3 is 10.2 Å². The van der Waals surface area contributed by atoms with Crippen molar-refractivity contribution in [1.29, 1.82) is 0 Å². The van der Waals surface area contributed by atoms with Crippen LogP contribution in [-0.4, -0.2) is 28.5 Å². The fourth-order valence-electron chi connectivity index (χ4n) is 4.55. The Balaban J connectivity index is 1.42. The fourth-order valence-corrected chi connectivity index (χ4v) is 5.85. The number of rotatable bonds is 3. The quantitative estimate of drug-likeness (QED) is 0.714. The van der Waals surface area contributed by atoms with Gasteiger partial charge in [0.15, 0.2) is 0 Å². The number of aromatic nitrogens is 2. The van der Waals surface area contributed by atoms with E-state index in [0.29, 0.717) is 0 Å². The number of benzene rings is 1. The zero-order valence-electron chi connectivity index (χ0n) is 16.1. The van der Waals surface area contributed by atoms with Gasteiger partial charge in [-0.2, -0.15) is 0 Å². The van der Waals surface area contributed by atoms with E-state index in [9.17, 15) is 4.79 Å². The maximum atomic E-state index is 13.2. The van der Waals surface area contributed by atoms with Crippen molar-refractivity contribution in [3.05, 3.63) is 46.6 Å². The number of aryl methyl sites for hydroxylation is 1. The van der Waals surface area contributed by atoms with E-state index >= 15 is 0 Å². The summed E-state index contributed by atoms with van der Waals surface area (Å²) in [6.45, 7) is 3.00. The predicted octanol–water partition coefficient (Wildman–Crippen LogP) is 4.49. The van der Waals surface area contributed by atoms with Crippen LogP contribution in [0.1, 0.15) is 41.7 Å². The number of amides is 1. The SMILES string of the molecule is Cc1c(NC(=O)[C@H]2CCCN2c2ncnc3ccccc23)sc2c1CCCC2. The van der Waals surface area contributed by atoms with Gasteiger partial charge in [-0.15, -0.1) is 11.3 Å². The summed E-state index contributed by atoms with van der Waals surface area (Å²) in [6, 6.07) is 7.83. The van der Waals surface area contributed by atoms with Crippen LogP contribution in [0.15, 0.2) is 30.6 Å². The highest BCUT2D eigenvalue weighted by atomic mass is 32.1. The Morgan fingerprint density at radius 2 is 2.04 bits per heavy atom. The fraction of sp³-hybridized carbons (Fsp3) is 0.409. The molecule has 28 heavy (non-hydrogen) atoms. The van der Waals surface area contributed by atoms with E-state index < -0.39 is 0 Å². The van der Waals surface area contributed by atoms with E-state index in [0.717, 1.165) is 53.9 Å². The van der Waals surface area contributed by atoms with Gasteiger partial charge in [-0.05, 0) is 68.7 Å². The molecule has 1 aromatic carbocycles. The van der Waals surface area contributed by atoms with Crippen molar-refractivity contribution in [1.82, 2.24) is 9.97 Å². The summed E-state index contributed by atoms with van der Waals surface area (Å²) in [5.41, 5.74) is 3.65. The molecular formula is C22H24N4OS. The normalized spacial score (nSPS) is 19.0. The maximum absolute atomic E-state index is 13.2. The molecule has 0 radical (unpaired) electrons. The second kappa shape index (κ2) is 7.17. The molecule has 1 saturated heterocycles. The van der Waals surface area contributed by atoms with E-state index in [1.807, 2.05) is 24.3 Å². The Labute approximate surface area is 168 Å². The smallest absolute Gasteiger partial charge is 0.247 e. The number of nitrogens with zero attached hydrogens (tertiary/aromatic N) is 3. The molecule has 6 heteroatoms. The summed E-state index contributed by atoms with van der Waals surface area (Å²) in [7, 11) is 0. The molecule has 0 saturated carbocycles. The summed E-state index contributed by atoms with van der Waals surface area (Å²) >= 11 is 1.77. The van der Waals surface area contributed by atoms with Gasteiger partial charge in [-0.1, -0.05) is 12.1 Å². The van der Waals surface area contributed by atoms with Crippen LogP contribution in [0.25, 0.3) is 10.9 Å². The lowest BCUT2D eigenvalue weighted by atomic mass is 9.96. The van der Waals surface area contributed by atoms with Crippen LogP contribution < -0.4 is 10.2 Å². The van der Waals surface area contributed by atoms with Gasteiger partial charge in [0.05, 0.1) is 10.5 Å². The number of hydrogen-bond acceptors (Lipinski definition) is 5. The van der Waals surface area contributed by atoms with Gasteiger partial charge in [0.1, 0.15) is 18.2 Å². The zero-order chi connectivity index (χ0) is 19.1. The molecule has 3 heterocycles. The molecule has 1 N–H and O–H groups in total. The number of para-hydroxylation sites is 1. The number of thiophene rings is 1. The van der Waals surface area contributed by atoms with Crippen molar-refractivity contribution >= 4 is 39.0 Å². The van der Waals surface area contributed by atoms with Crippen LogP contribution in [-0.2, 0) is 17.6 Å². The first-order valence-corrected chi connectivity index (χ1v) is 10.9. The summed E-state index contributed by atoms with van der Waals surface area (Å²) in [4.78, 5) is 25.7. The Kier molecular flexibility index (Phi) is 4.51. The molecule has 0 bridgehead atoms. The summed E-state index contributed by atoms with van der Waals surface area (Å²) in [6.07, 6.45) is 8.27. The van der Waals surface area contributed by atoms with Gasteiger partial charge in [0.25, 0.3) is 0 Å². The van der Waals surface area contributed by atoms with Crippen LogP contribution in [0, 0.1) is 6.92 Å². The number of hydrogen-bond donors (Lipinski definition) is 1. The Morgan fingerprint density at radius 1 is 1.18 bits per heavy atom. The van der Waals surface area contributed by atoms with Gasteiger partial charge >= 0.3 is 0 Å². The molecule has 3 aromatic rings. The predicted molar refractivity (Wildman–Crippen MR) is 114 cm³/mol. The molecule has 2 aliphatic rings. The monoisotopic (exact) mass is 392 g/mol. The van der Waals surface area contributed by atoms with E-state index in [4.69, 9.17) is 0 Å². The van der Waals surface area contributed by atoms with Gasteiger partial charge in [0.2, 0.25) is 5.91 Å². The first-order chi connectivity index (χ1) is 13.7. The zero-order valence-corrected chi connectivity index (χ0v) is 16.9. The number of anilines is 2. The van der Waals surface area contributed by atoms with Gasteiger partial charge in [-0.25, -0.2) is 9.97 Å². The Morgan fingerprint density at radius 3 is 2.93 bits per heavy atom. The molecule has 1 aliphatic heterocycles. The lowest BCUT2D eigenvalue weighted by molar-refractivity contribution is -0.117. The molecule has 5 rings (SSSR count). The molecule has 5 nitrogen and oxygen atoms in total. The van der Waals surface area contributed by atoms with Crippen LogP contribution >= 0.6 is 11.3 Å². The number of carbonyl (C=O) groups is 1. The third-order valence-corrected chi connectivity index (χ3v) is 7.33. The van der Waals surface area contributed by atoms with Crippen molar-refractivity contribution in [3.63, 3.8) is 0 Å². The van der Waals surface area contributed by atoms with Crippen LogP contribution in [0.2, 0.25) is 0 Å². The van der Waals surface area contributed by atoms with E-state index in [-0.39, 0.29) is 11.9 Å². The lowest BCUT2D eigenvalue weighted by Crippen LogP contribution is -2.40. The standard InChI is InChI=1S/C22H24N4OS/c1-14-15-7-3-5-11-19(15)28-22(14)25-21(27)18-10-6-12-26(18)20-16-8-2-4-9-17(16)23-13-24-20/h2,4,8-9,13,18H,3,5-7,10-12H2,1H3,(H,25,27)/t18-/m1/s1. The molecule has 1 amide bonds. The third kappa shape index (κ3) is 2.96. The van der Waals surface area contributed by atoms with E-state index in [2.05, 4.69) is 27.1 Å². The van der Waals surface area contributed by atoms with Crippen molar-refractivity contribution in [2.45, 2.75) is 51.5 Å². The number of carbonyl (C=O) groups excluding carboxylic acids is 1. The second-order valence-electron chi connectivity index (χ2n) is 7.72. The van der Waals surface area contributed by atoms with E-state index in [1.165, 1.54) is 28.8 Å². The molecule has 1 fully saturated rings. The molecule has 1 atom stereocenters. The minimum atomic E-state index is -0.183. The first-order valence-electron chi connectivity index (χ1n) is 10.1. The summed E-state index contributed by atoms with van der Waals surface area (Å²) in [5.74, 6) is 0.951. The number of fused-ring (bicyclic) bond motifs is 2. The largest absolute Gasteiger partial charge is 0.344 e. The molecule has 0 unspecified atom stereocenters. The topological polar surface area (TPSA) is 58.1 Å². The highest BCUT2D eigenvalue weighted by Gasteiger charge is 2.33. The minimum Gasteiger partial charge on any atom is -0.344 e. The second-order valence-corrected chi connectivity index (χ2v) is 8.83. The minimum absolute atomic E-state index is 0.0851. The van der Waals surface area contributed by atoms with Crippen LogP contribution in [0.5, 0.6) is 0 Å².